The van der Waals surface area contributed by atoms with Gasteiger partial charge in [0.25, 0.3) is 10.1 Å². The standard InChI is InChI=1S/C14H22BrNO6S/c1-7-6-8-9(15)11(22-23(5,19)20)10(7)16(12(8)17)13(18)21-14(2,3)4/h7-11H,6H2,1-5H3. The summed E-state index contributed by atoms with van der Waals surface area (Å²) in [6.07, 6.45) is -0.0451. The molecule has 1 saturated carbocycles. The summed E-state index contributed by atoms with van der Waals surface area (Å²) in [5.74, 6) is -0.947. The second kappa shape index (κ2) is 6.00. The first kappa shape index (κ1) is 18.7. The minimum absolute atomic E-state index is 0.0780. The molecular formula is C14H22BrNO6S. The predicted octanol–water partition coefficient (Wildman–Crippen LogP) is 1.90. The summed E-state index contributed by atoms with van der Waals surface area (Å²) >= 11 is 3.38. The fraction of sp³-hybridized carbons (Fsp3) is 0.857. The number of carbonyl (C=O) groups is 2. The minimum atomic E-state index is -3.72. The maximum absolute atomic E-state index is 12.6. The second-order valence-electron chi connectivity index (χ2n) is 7.21. The molecule has 1 aliphatic carbocycles. The number of piperidine rings is 2. The topological polar surface area (TPSA) is 90.0 Å². The van der Waals surface area contributed by atoms with E-state index >= 15 is 0 Å². The van der Waals surface area contributed by atoms with Gasteiger partial charge in [0.05, 0.1) is 23.0 Å². The first-order chi connectivity index (χ1) is 10.3. The van der Waals surface area contributed by atoms with Gasteiger partial charge in [-0.1, -0.05) is 22.9 Å². The van der Waals surface area contributed by atoms with Crippen molar-refractivity contribution < 1.29 is 26.9 Å². The number of nitrogens with zero attached hydrogens (tertiary/aromatic N) is 1. The van der Waals surface area contributed by atoms with E-state index in [1.165, 1.54) is 0 Å². The van der Waals surface area contributed by atoms with Gasteiger partial charge in [-0.05, 0) is 33.1 Å². The Morgan fingerprint density at radius 1 is 1.35 bits per heavy atom. The Bertz CT molecular complexity index is 613. The lowest BCUT2D eigenvalue weighted by Crippen LogP contribution is -2.69. The quantitative estimate of drug-likeness (QED) is 0.508. The van der Waals surface area contributed by atoms with E-state index in [1.807, 2.05) is 6.92 Å². The summed E-state index contributed by atoms with van der Waals surface area (Å²) in [5, 5.41) is 0. The highest BCUT2D eigenvalue weighted by Gasteiger charge is 2.58. The third kappa shape index (κ3) is 3.88. The van der Waals surface area contributed by atoms with Crippen LogP contribution in [0, 0.1) is 11.8 Å². The van der Waals surface area contributed by atoms with Crippen molar-refractivity contribution in [2.75, 3.05) is 6.26 Å². The van der Waals surface area contributed by atoms with Crippen molar-refractivity contribution in [1.82, 2.24) is 4.90 Å². The molecule has 2 aliphatic heterocycles. The van der Waals surface area contributed by atoms with Crippen molar-refractivity contribution in [3.63, 3.8) is 0 Å². The molecule has 5 atom stereocenters. The van der Waals surface area contributed by atoms with Gasteiger partial charge in [0.2, 0.25) is 5.91 Å². The zero-order valence-electron chi connectivity index (χ0n) is 13.8. The molecule has 9 heteroatoms. The Kier molecular flexibility index (Phi) is 4.87. The number of hydrogen-bond acceptors (Lipinski definition) is 6. The van der Waals surface area contributed by atoms with Gasteiger partial charge in [0, 0.05) is 0 Å². The van der Waals surface area contributed by atoms with E-state index in [1.54, 1.807) is 20.8 Å². The number of rotatable bonds is 2. The number of imide groups is 1. The molecule has 3 fully saturated rings. The largest absolute Gasteiger partial charge is 0.443 e. The molecule has 3 aliphatic rings. The van der Waals surface area contributed by atoms with E-state index in [9.17, 15) is 18.0 Å². The van der Waals surface area contributed by atoms with Crippen molar-refractivity contribution in [2.45, 2.75) is 56.7 Å². The molecule has 2 bridgehead atoms. The van der Waals surface area contributed by atoms with Crippen LogP contribution in [-0.2, 0) is 23.8 Å². The van der Waals surface area contributed by atoms with E-state index in [0.29, 0.717) is 6.42 Å². The number of ether oxygens (including phenoxy) is 1. The zero-order valence-corrected chi connectivity index (χ0v) is 16.2. The van der Waals surface area contributed by atoms with Crippen LogP contribution in [0.2, 0.25) is 0 Å². The van der Waals surface area contributed by atoms with Crippen LogP contribution in [0.15, 0.2) is 0 Å². The molecule has 7 nitrogen and oxygen atoms in total. The summed E-state index contributed by atoms with van der Waals surface area (Å²) < 4.78 is 33.6. The summed E-state index contributed by atoms with van der Waals surface area (Å²) in [6.45, 7) is 7.00. The molecule has 5 unspecified atom stereocenters. The first-order valence-corrected chi connectivity index (χ1v) is 10.1. The van der Waals surface area contributed by atoms with E-state index < -0.39 is 44.7 Å². The Morgan fingerprint density at radius 2 is 1.91 bits per heavy atom. The first-order valence-electron chi connectivity index (χ1n) is 7.40. The van der Waals surface area contributed by atoms with Crippen LogP contribution in [0.5, 0.6) is 0 Å². The van der Waals surface area contributed by atoms with Gasteiger partial charge < -0.3 is 4.74 Å². The highest BCUT2D eigenvalue weighted by Crippen LogP contribution is 2.45. The highest BCUT2D eigenvalue weighted by molar-refractivity contribution is 9.09. The number of halogens is 1. The highest BCUT2D eigenvalue weighted by atomic mass is 79.9. The molecule has 3 rings (SSSR count). The van der Waals surface area contributed by atoms with E-state index in [0.717, 1.165) is 11.2 Å². The van der Waals surface area contributed by atoms with E-state index in [2.05, 4.69) is 15.9 Å². The van der Waals surface area contributed by atoms with Crippen molar-refractivity contribution in [1.29, 1.82) is 0 Å². The molecule has 2 saturated heterocycles. The lowest BCUT2D eigenvalue weighted by Gasteiger charge is -2.52. The molecular weight excluding hydrogens is 390 g/mol. The predicted molar refractivity (Wildman–Crippen MR) is 86.6 cm³/mol. The maximum Gasteiger partial charge on any atom is 0.417 e. The van der Waals surface area contributed by atoms with Crippen LogP contribution >= 0.6 is 15.9 Å². The molecule has 0 N–H and O–H groups in total. The summed E-state index contributed by atoms with van der Waals surface area (Å²) in [6, 6.07) is -0.679. The molecule has 0 aromatic heterocycles. The van der Waals surface area contributed by atoms with Crippen LogP contribution in [0.1, 0.15) is 34.1 Å². The van der Waals surface area contributed by atoms with Gasteiger partial charge in [-0.15, -0.1) is 0 Å². The third-order valence-electron chi connectivity index (χ3n) is 3.97. The molecule has 0 aromatic rings. The number of hydrogen-bond donors (Lipinski definition) is 0. The molecule has 0 radical (unpaired) electrons. The van der Waals surface area contributed by atoms with E-state index in [-0.39, 0.29) is 11.8 Å². The fourth-order valence-corrected chi connectivity index (χ4v) is 4.85. The summed E-state index contributed by atoms with van der Waals surface area (Å²) in [5.41, 5.74) is -0.752. The van der Waals surface area contributed by atoms with Gasteiger partial charge >= 0.3 is 6.09 Å². The van der Waals surface area contributed by atoms with Crippen LogP contribution in [0.25, 0.3) is 0 Å². The van der Waals surface area contributed by atoms with Gasteiger partial charge in [-0.3, -0.25) is 8.98 Å². The maximum atomic E-state index is 12.6. The Labute approximate surface area is 144 Å². The second-order valence-corrected chi connectivity index (χ2v) is 9.87. The molecule has 2 amide bonds. The van der Waals surface area contributed by atoms with Crippen LogP contribution in [0.3, 0.4) is 0 Å². The SMILES string of the molecule is CC1CC2C(=O)N(C(=O)OC(C)(C)C)C1C(OS(C)(=O)=O)C2Br. The number of alkyl halides is 1. The fourth-order valence-electron chi connectivity index (χ4n) is 3.21. The average molecular weight is 412 g/mol. The third-order valence-corrected chi connectivity index (χ3v) is 5.70. The molecule has 23 heavy (non-hydrogen) atoms. The Balaban J connectivity index is 2.36. The van der Waals surface area contributed by atoms with Gasteiger partial charge in [0.1, 0.15) is 11.7 Å². The van der Waals surface area contributed by atoms with Crippen LogP contribution in [-0.4, -0.2) is 54.1 Å². The average Bonchev–Trinajstić information content (AvgIpc) is 2.32. The van der Waals surface area contributed by atoms with E-state index in [4.69, 9.17) is 8.92 Å². The normalized spacial score (nSPS) is 34.6. The van der Waals surface area contributed by atoms with Gasteiger partial charge in [0.15, 0.2) is 0 Å². The van der Waals surface area contributed by atoms with Crippen molar-refractivity contribution >= 4 is 38.0 Å². The van der Waals surface area contributed by atoms with Crippen LogP contribution < -0.4 is 0 Å². The Morgan fingerprint density at radius 3 is 2.39 bits per heavy atom. The smallest absolute Gasteiger partial charge is 0.417 e. The number of carbonyl (C=O) groups excluding carboxylic acids is 2. The molecule has 0 spiro atoms. The monoisotopic (exact) mass is 411 g/mol. The lowest BCUT2D eigenvalue weighted by molar-refractivity contribution is -0.155. The zero-order chi connectivity index (χ0) is 17.7. The van der Waals surface area contributed by atoms with Crippen molar-refractivity contribution in [3.8, 4) is 0 Å². The number of fused-ring (bicyclic) bond motifs is 3. The molecule has 2 heterocycles. The summed E-state index contributed by atoms with van der Waals surface area (Å²) in [4.78, 5) is 25.6. The Hall–Kier alpha value is -0.670. The molecule has 132 valence electrons. The van der Waals surface area contributed by atoms with Crippen molar-refractivity contribution in [2.24, 2.45) is 11.8 Å². The minimum Gasteiger partial charge on any atom is -0.443 e. The van der Waals surface area contributed by atoms with Crippen LogP contribution in [0.4, 0.5) is 4.79 Å². The van der Waals surface area contributed by atoms with Gasteiger partial charge in [-0.25, -0.2) is 9.69 Å². The molecule has 0 aromatic carbocycles. The van der Waals surface area contributed by atoms with Gasteiger partial charge in [-0.2, -0.15) is 8.42 Å². The summed E-state index contributed by atoms with van der Waals surface area (Å²) in [7, 11) is -3.72. The van der Waals surface area contributed by atoms with Crippen molar-refractivity contribution in [3.05, 3.63) is 0 Å². The lowest BCUT2D eigenvalue weighted by atomic mass is 9.71. The number of amides is 2.